The van der Waals surface area contributed by atoms with Gasteiger partial charge < -0.3 is 15.3 Å². The minimum atomic E-state index is -0.0163. The molecule has 3 nitrogen and oxygen atoms in total. The maximum Gasteiger partial charge on any atom is 0.0546 e. The molecule has 0 bridgehead atoms. The summed E-state index contributed by atoms with van der Waals surface area (Å²) in [5.74, 6) is 3.18. The van der Waals surface area contributed by atoms with Gasteiger partial charge in [0.05, 0.1) is 6.10 Å². The third-order valence-corrected chi connectivity index (χ3v) is 5.45. The average molecular weight is 282 g/mol. The van der Waals surface area contributed by atoms with Crippen molar-refractivity contribution >= 4 is 0 Å². The molecule has 3 heteroatoms. The fourth-order valence-electron chi connectivity index (χ4n) is 4.44. The third kappa shape index (κ3) is 4.19. The maximum atomic E-state index is 9.41. The highest BCUT2D eigenvalue weighted by atomic mass is 16.3. The van der Waals surface area contributed by atoms with Gasteiger partial charge in [0, 0.05) is 19.1 Å². The number of aliphatic hydroxyl groups excluding tert-OH is 1. The van der Waals surface area contributed by atoms with Crippen LogP contribution in [0.15, 0.2) is 0 Å². The lowest BCUT2D eigenvalue weighted by Gasteiger charge is -2.43. The Bertz CT molecular complexity index is 291. The summed E-state index contributed by atoms with van der Waals surface area (Å²) >= 11 is 0. The summed E-state index contributed by atoms with van der Waals surface area (Å²) in [7, 11) is 2.26. The standard InChI is InChI=1S/C17H34N2O/c1-5-18-17-7-12(2)6-13(3)16(17)11-19(4)10-14-8-15(20)9-14/h12-18,20H,5-11H2,1-4H3. The zero-order chi connectivity index (χ0) is 14.7. The van der Waals surface area contributed by atoms with Crippen LogP contribution in [-0.4, -0.2) is 48.8 Å². The molecule has 2 aliphatic rings. The van der Waals surface area contributed by atoms with Gasteiger partial charge in [0.1, 0.15) is 0 Å². The Morgan fingerprint density at radius 2 is 1.80 bits per heavy atom. The summed E-state index contributed by atoms with van der Waals surface area (Å²) in [4.78, 5) is 2.51. The first-order chi connectivity index (χ1) is 9.49. The van der Waals surface area contributed by atoms with Crippen LogP contribution in [0.2, 0.25) is 0 Å². The van der Waals surface area contributed by atoms with E-state index in [0.29, 0.717) is 6.04 Å². The second-order valence-corrected chi connectivity index (χ2v) is 7.59. The zero-order valence-electron chi connectivity index (χ0n) is 13.8. The third-order valence-electron chi connectivity index (χ3n) is 5.45. The Balaban J connectivity index is 1.83. The van der Waals surface area contributed by atoms with Crippen molar-refractivity contribution in [1.29, 1.82) is 0 Å². The Hall–Kier alpha value is -0.120. The molecule has 0 amide bonds. The molecule has 0 heterocycles. The first-order valence-corrected chi connectivity index (χ1v) is 8.59. The molecule has 0 radical (unpaired) electrons. The number of hydrogen-bond donors (Lipinski definition) is 2. The molecule has 2 rings (SSSR count). The lowest BCUT2D eigenvalue weighted by Crippen LogP contribution is -2.49. The minimum Gasteiger partial charge on any atom is -0.393 e. The zero-order valence-corrected chi connectivity index (χ0v) is 13.8. The first-order valence-electron chi connectivity index (χ1n) is 8.59. The number of hydrogen-bond acceptors (Lipinski definition) is 3. The molecule has 0 spiro atoms. The predicted molar refractivity (Wildman–Crippen MR) is 84.7 cm³/mol. The van der Waals surface area contributed by atoms with Gasteiger partial charge >= 0.3 is 0 Å². The van der Waals surface area contributed by atoms with Gasteiger partial charge in [0.2, 0.25) is 0 Å². The topological polar surface area (TPSA) is 35.5 Å². The van der Waals surface area contributed by atoms with Gasteiger partial charge in [-0.1, -0.05) is 20.8 Å². The van der Waals surface area contributed by atoms with Crippen LogP contribution in [0.5, 0.6) is 0 Å². The van der Waals surface area contributed by atoms with Crippen molar-refractivity contribution in [3.63, 3.8) is 0 Å². The molecule has 2 saturated carbocycles. The SMILES string of the molecule is CCNC1CC(C)CC(C)C1CN(C)CC1CC(O)C1. The van der Waals surface area contributed by atoms with Crippen molar-refractivity contribution in [2.45, 2.75) is 58.6 Å². The Morgan fingerprint density at radius 3 is 2.40 bits per heavy atom. The molecular formula is C17H34N2O. The van der Waals surface area contributed by atoms with Crippen molar-refractivity contribution in [3.05, 3.63) is 0 Å². The molecule has 0 aromatic rings. The summed E-state index contributed by atoms with van der Waals surface area (Å²) < 4.78 is 0. The largest absolute Gasteiger partial charge is 0.393 e. The smallest absolute Gasteiger partial charge is 0.0546 e. The highest BCUT2D eigenvalue weighted by Gasteiger charge is 2.35. The Morgan fingerprint density at radius 1 is 1.10 bits per heavy atom. The highest BCUT2D eigenvalue weighted by molar-refractivity contribution is 4.89. The van der Waals surface area contributed by atoms with Crippen molar-refractivity contribution in [1.82, 2.24) is 10.2 Å². The lowest BCUT2D eigenvalue weighted by atomic mass is 9.72. The maximum absolute atomic E-state index is 9.41. The van der Waals surface area contributed by atoms with E-state index in [2.05, 4.69) is 38.0 Å². The van der Waals surface area contributed by atoms with E-state index in [1.807, 2.05) is 0 Å². The molecule has 4 unspecified atom stereocenters. The number of rotatable bonds is 6. The van der Waals surface area contributed by atoms with Gasteiger partial charge in [-0.3, -0.25) is 0 Å². The van der Waals surface area contributed by atoms with Gasteiger partial charge in [-0.05, 0) is 62.9 Å². The molecule has 0 saturated heterocycles. The molecule has 2 aliphatic carbocycles. The summed E-state index contributed by atoms with van der Waals surface area (Å²) in [6.45, 7) is 10.5. The van der Waals surface area contributed by atoms with Crippen LogP contribution < -0.4 is 5.32 Å². The molecule has 2 N–H and O–H groups in total. The molecular weight excluding hydrogens is 248 g/mol. The summed E-state index contributed by atoms with van der Waals surface area (Å²) in [6.07, 6.45) is 4.72. The Labute approximate surface area is 125 Å². The lowest BCUT2D eigenvalue weighted by molar-refractivity contribution is 0.0206. The van der Waals surface area contributed by atoms with E-state index in [0.717, 1.165) is 49.6 Å². The van der Waals surface area contributed by atoms with Crippen LogP contribution in [0.1, 0.15) is 46.5 Å². The predicted octanol–water partition coefficient (Wildman–Crippen LogP) is 2.35. The van der Waals surface area contributed by atoms with E-state index < -0.39 is 0 Å². The van der Waals surface area contributed by atoms with Gasteiger partial charge in [0.25, 0.3) is 0 Å². The second-order valence-electron chi connectivity index (χ2n) is 7.59. The van der Waals surface area contributed by atoms with Crippen LogP contribution in [0.4, 0.5) is 0 Å². The van der Waals surface area contributed by atoms with E-state index >= 15 is 0 Å². The molecule has 4 atom stereocenters. The van der Waals surface area contributed by atoms with E-state index in [-0.39, 0.29) is 6.10 Å². The van der Waals surface area contributed by atoms with Gasteiger partial charge in [-0.2, -0.15) is 0 Å². The van der Waals surface area contributed by atoms with Crippen LogP contribution in [0, 0.1) is 23.7 Å². The van der Waals surface area contributed by atoms with Crippen LogP contribution in [-0.2, 0) is 0 Å². The number of aliphatic hydroxyl groups is 1. The van der Waals surface area contributed by atoms with E-state index in [4.69, 9.17) is 0 Å². The molecule has 20 heavy (non-hydrogen) atoms. The molecule has 118 valence electrons. The van der Waals surface area contributed by atoms with Gasteiger partial charge in [0.15, 0.2) is 0 Å². The molecule has 0 aliphatic heterocycles. The highest BCUT2D eigenvalue weighted by Crippen LogP contribution is 2.35. The van der Waals surface area contributed by atoms with E-state index in [1.165, 1.54) is 19.4 Å². The van der Waals surface area contributed by atoms with Crippen molar-refractivity contribution in [3.8, 4) is 0 Å². The minimum absolute atomic E-state index is 0.0163. The van der Waals surface area contributed by atoms with E-state index in [9.17, 15) is 5.11 Å². The van der Waals surface area contributed by atoms with Crippen LogP contribution >= 0.6 is 0 Å². The fourth-order valence-corrected chi connectivity index (χ4v) is 4.44. The van der Waals surface area contributed by atoms with Gasteiger partial charge in [-0.15, -0.1) is 0 Å². The summed E-state index contributed by atoms with van der Waals surface area (Å²) in [5.41, 5.74) is 0. The number of nitrogens with zero attached hydrogens (tertiary/aromatic N) is 1. The molecule has 0 aromatic carbocycles. The molecule has 2 fully saturated rings. The van der Waals surface area contributed by atoms with Crippen molar-refractivity contribution < 1.29 is 5.11 Å². The quantitative estimate of drug-likeness (QED) is 0.785. The van der Waals surface area contributed by atoms with Crippen molar-refractivity contribution in [2.24, 2.45) is 23.7 Å². The van der Waals surface area contributed by atoms with E-state index in [1.54, 1.807) is 0 Å². The average Bonchev–Trinajstić information content (AvgIpc) is 2.32. The summed E-state index contributed by atoms with van der Waals surface area (Å²) in [6, 6.07) is 0.688. The van der Waals surface area contributed by atoms with Crippen molar-refractivity contribution in [2.75, 3.05) is 26.7 Å². The first kappa shape index (κ1) is 16.3. The Kier molecular flexibility index (Phi) is 5.88. The fraction of sp³-hybridized carbons (Fsp3) is 1.00. The number of nitrogens with one attached hydrogen (secondary N) is 1. The monoisotopic (exact) mass is 282 g/mol. The van der Waals surface area contributed by atoms with Crippen LogP contribution in [0.3, 0.4) is 0 Å². The van der Waals surface area contributed by atoms with Gasteiger partial charge in [-0.25, -0.2) is 0 Å². The van der Waals surface area contributed by atoms with Crippen LogP contribution in [0.25, 0.3) is 0 Å². The molecule has 0 aromatic heterocycles. The normalized spacial score (nSPS) is 41.7. The summed E-state index contributed by atoms with van der Waals surface area (Å²) in [5, 5.41) is 13.1. The second kappa shape index (κ2) is 7.24.